The molecule has 4 heterocycles. The van der Waals surface area contributed by atoms with Gasteiger partial charge in [0, 0.05) is 39.3 Å². The highest BCUT2D eigenvalue weighted by Gasteiger charge is 2.21. The quantitative estimate of drug-likeness (QED) is 0.469. The van der Waals surface area contributed by atoms with Gasteiger partial charge < -0.3 is 10.2 Å². The lowest BCUT2D eigenvalue weighted by Crippen LogP contribution is -2.46. The predicted octanol–water partition coefficient (Wildman–Crippen LogP) is 2.64. The van der Waals surface area contributed by atoms with Crippen LogP contribution in [-0.4, -0.2) is 63.3 Å². The molecule has 1 amide bonds. The molecule has 1 saturated heterocycles. The van der Waals surface area contributed by atoms with Gasteiger partial charge in [0.2, 0.25) is 0 Å². The molecule has 4 aromatic rings. The summed E-state index contributed by atoms with van der Waals surface area (Å²) in [6.45, 7) is 5.84. The number of piperazine rings is 1. The minimum Gasteiger partial charge on any atom is -0.353 e. The van der Waals surface area contributed by atoms with E-state index >= 15 is 0 Å². The zero-order valence-corrected chi connectivity index (χ0v) is 18.5. The van der Waals surface area contributed by atoms with Gasteiger partial charge >= 0.3 is 0 Å². The molecule has 1 aliphatic rings. The molecule has 0 atom stereocenters. The van der Waals surface area contributed by atoms with Crippen LogP contribution in [0.5, 0.6) is 0 Å². The molecule has 164 valence electrons. The second-order valence-corrected chi connectivity index (χ2v) is 8.73. The summed E-state index contributed by atoms with van der Waals surface area (Å²) in [5.41, 5.74) is 2.14. The van der Waals surface area contributed by atoms with Gasteiger partial charge in [-0.25, -0.2) is 14.6 Å². The third-order valence-corrected chi connectivity index (χ3v) is 6.56. The van der Waals surface area contributed by atoms with Crippen molar-refractivity contribution in [1.29, 1.82) is 0 Å². The highest BCUT2D eigenvalue weighted by molar-refractivity contribution is 7.12. The lowest BCUT2D eigenvalue weighted by atomic mass is 10.2. The molecule has 0 aliphatic carbocycles. The minimum atomic E-state index is -0.0554. The van der Waals surface area contributed by atoms with Crippen molar-refractivity contribution < 1.29 is 4.79 Å². The van der Waals surface area contributed by atoms with Crippen molar-refractivity contribution in [2.24, 2.45) is 0 Å². The number of nitrogens with one attached hydrogen (secondary N) is 1. The maximum atomic E-state index is 12.1. The number of fused-ring (bicyclic) bond motifs is 1. The molecule has 1 aromatic carbocycles. The van der Waals surface area contributed by atoms with Crippen LogP contribution in [0.3, 0.4) is 0 Å². The highest BCUT2D eigenvalue weighted by atomic mass is 32.1. The van der Waals surface area contributed by atoms with Gasteiger partial charge in [0.25, 0.3) is 5.91 Å². The molecule has 9 heteroatoms. The van der Waals surface area contributed by atoms with E-state index in [-0.39, 0.29) is 5.91 Å². The van der Waals surface area contributed by atoms with Crippen molar-refractivity contribution in [1.82, 2.24) is 30.0 Å². The van der Waals surface area contributed by atoms with Crippen LogP contribution in [0, 0.1) is 0 Å². The molecule has 0 spiro atoms. The maximum Gasteiger partial charge on any atom is 0.261 e. The van der Waals surface area contributed by atoms with E-state index in [1.54, 1.807) is 6.33 Å². The molecular formula is C23H25N7OS. The molecular weight excluding hydrogens is 422 g/mol. The summed E-state index contributed by atoms with van der Waals surface area (Å²) in [5, 5.41) is 10.3. The van der Waals surface area contributed by atoms with Crippen LogP contribution in [0.4, 0.5) is 5.82 Å². The summed E-state index contributed by atoms with van der Waals surface area (Å²) >= 11 is 1.44. The van der Waals surface area contributed by atoms with E-state index in [1.165, 1.54) is 16.9 Å². The molecule has 0 saturated carbocycles. The molecule has 0 unspecified atom stereocenters. The van der Waals surface area contributed by atoms with Crippen molar-refractivity contribution in [3.05, 3.63) is 70.8 Å². The predicted molar refractivity (Wildman–Crippen MR) is 126 cm³/mol. The molecule has 1 N–H and O–H groups in total. The normalized spacial score (nSPS) is 14.7. The average molecular weight is 448 g/mol. The molecule has 1 fully saturated rings. The topological polar surface area (TPSA) is 79.2 Å². The fraction of sp³-hybridized carbons (Fsp3) is 0.304. The first kappa shape index (κ1) is 20.6. The van der Waals surface area contributed by atoms with Crippen LogP contribution in [0.15, 0.2) is 60.4 Å². The van der Waals surface area contributed by atoms with Crippen molar-refractivity contribution in [2.45, 2.75) is 13.1 Å². The molecule has 1 aliphatic heterocycles. The zero-order valence-electron chi connectivity index (χ0n) is 17.7. The molecule has 3 aromatic heterocycles. The van der Waals surface area contributed by atoms with E-state index in [9.17, 15) is 4.79 Å². The van der Waals surface area contributed by atoms with E-state index in [1.807, 2.05) is 28.4 Å². The molecule has 8 nitrogen and oxygen atoms in total. The van der Waals surface area contributed by atoms with Crippen LogP contribution < -0.4 is 10.2 Å². The molecule has 32 heavy (non-hydrogen) atoms. The Bertz CT molecular complexity index is 1170. The lowest BCUT2D eigenvalue weighted by Gasteiger charge is -2.35. The van der Waals surface area contributed by atoms with E-state index < -0.39 is 0 Å². The summed E-state index contributed by atoms with van der Waals surface area (Å²) in [4.78, 5) is 26.7. The van der Waals surface area contributed by atoms with Crippen molar-refractivity contribution in [3.8, 4) is 0 Å². The van der Waals surface area contributed by atoms with Gasteiger partial charge in [0.1, 0.15) is 12.1 Å². The number of hydrogen-bond donors (Lipinski definition) is 1. The molecule has 0 bridgehead atoms. The first-order valence-corrected chi connectivity index (χ1v) is 11.7. The number of benzene rings is 1. The Balaban J connectivity index is 1.21. The average Bonchev–Trinajstić information content (AvgIpc) is 3.51. The van der Waals surface area contributed by atoms with E-state index in [0.29, 0.717) is 18.0 Å². The van der Waals surface area contributed by atoms with E-state index in [2.05, 4.69) is 60.5 Å². The molecule has 5 rings (SSSR count). The van der Waals surface area contributed by atoms with Gasteiger partial charge in [0.15, 0.2) is 5.65 Å². The number of rotatable bonds is 7. The number of thiophene rings is 1. The van der Waals surface area contributed by atoms with E-state index in [0.717, 1.165) is 49.6 Å². The number of amides is 1. The monoisotopic (exact) mass is 447 g/mol. The smallest absolute Gasteiger partial charge is 0.261 e. The Morgan fingerprint density at radius 3 is 2.66 bits per heavy atom. The first-order valence-electron chi connectivity index (χ1n) is 10.8. The second kappa shape index (κ2) is 9.46. The van der Waals surface area contributed by atoms with Crippen molar-refractivity contribution >= 4 is 34.1 Å². The standard InChI is InChI=1S/C23H25N7OS/c31-23(20-7-4-14-32-20)24-8-9-30-22-19(15-27-30)21(25-17-26-22)29-12-10-28(11-13-29)16-18-5-2-1-3-6-18/h1-7,14-15,17H,8-13,16H2,(H,24,31). The van der Waals surface area contributed by atoms with Crippen LogP contribution >= 0.6 is 11.3 Å². The number of aromatic nitrogens is 4. The number of anilines is 1. The summed E-state index contributed by atoms with van der Waals surface area (Å²) < 4.78 is 1.83. The van der Waals surface area contributed by atoms with Gasteiger partial charge in [-0.1, -0.05) is 36.4 Å². The first-order chi connectivity index (χ1) is 15.8. The Labute approximate surface area is 190 Å². The van der Waals surface area contributed by atoms with Crippen LogP contribution in [0.1, 0.15) is 15.2 Å². The third kappa shape index (κ3) is 4.49. The Hall–Kier alpha value is -3.30. The minimum absolute atomic E-state index is 0.0554. The van der Waals surface area contributed by atoms with Crippen molar-refractivity contribution in [2.75, 3.05) is 37.6 Å². The van der Waals surface area contributed by atoms with Crippen molar-refractivity contribution in [3.63, 3.8) is 0 Å². The summed E-state index contributed by atoms with van der Waals surface area (Å²) in [6, 6.07) is 14.3. The lowest BCUT2D eigenvalue weighted by molar-refractivity contribution is 0.0956. The van der Waals surface area contributed by atoms with Gasteiger partial charge in [0.05, 0.1) is 23.0 Å². The summed E-state index contributed by atoms with van der Waals surface area (Å²) in [5.74, 6) is 0.878. The van der Waals surface area contributed by atoms with Crippen LogP contribution in [0.25, 0.3) is 11.0 Å². The Morgan fingerprint density at radius 1 is 1.03 bits per heavy atom. The molecule has 0 radical (unpaired) electrons. The van der Waals surface area contributed by atoms with Gasteiger partial charge in [-0.15, -0.1) is 11.3 Å². The summed E-state index contributed by atoms with van der Waals surface area (Å²) in [6.07, 6.45) is 3.44. The fourth-order valence-corrected chi connectivity index (χ4v) is 4.67. The highest BCUT2D eigenvalue weighted by Crippen LogP contribution is 2.24. The largest absolute Gasteiger partial charge is 0.353 e. The van der Waals surface area contributed by atoms with Gasteiger partial charge in [-0.3, -0.25) is 9.69 Å². The zero-order chi connectivity index (χ0) is 21.8. The SMILES string of the molecule is O=C(NCCn1ncc2c(N3CCN(Cc4ccccc4)CC3)ncnc21)c1cccs1. The van der Waals surface area contributed by atoms with Crippen LogP contribution in [0.2, 0.25) is 0 Å². The second-order valence-electron chi connectivity index (χ2n) is 7.78. The number of hydrogen-bond acceptors (Lipinski definition) is 7. The Kier molecular flexibility index (Phi) is 6.09. The summed E-state index contributed by atoms with van der Waals surface area (Å²) in [7, 11) is 0. The van der Waals surface area contributed by atoms with Gasteiger partial charge in [-0.05, 0) is 17.0 Å². The number of carbonyl (C=O) groups is 1. The van der Waals surface area contributed by atoms with Crippen LogP contribution in [-0.2, 0) is 13.1 Å². The third-order valence-electron chi connectivity index (χ3n) is 5.69. The maximum absolute atomic E-state index is 12.1. The van der Waals surface area contributed by atoms with Gasteiger partial charge in [-0.2, -0.15) is 5.10 Å². The number of nitrogens with zero attached hydrogens (tertiary/aromatic N) is 6. The Morgan fingerprint density at radius 2 is 1.88 bits per heavy atom. The number of carbonyl (C=O) groups excluding carboxylic acids is 1. The van der Waals surface area contributed by atoms with E-state index in [4.69, 9.17) is 0 Å². The fourth-order valence-electron chi connectivity index (χ4n) is 4.03.